The first kappa shape index (κ1) is 13.5. The third-order valence-electron chi connectivity index (χ3n) is 8.22. The molecule has 5 heterocycles. The Hall–Kier alpha value is -1.65. The van der Waals surface area contributed by atoms with E-state index in [0.29, 0.717) is 36.9 Å². The number of carbonyl (C=O) groups is 1. The van der Waals surface area contributed by atoms with Gasteiger partial charge in [-0.1, -0.05) is 29.8 Å². The molecule has 4 fully saturated rings. The van der Waals surface area contributed by atoms with Crippen LogP contribution in [0, 0.1) is 11.8 Å². The molecule has 6 aliphatic rings. The lowest BCUT2D eigenvalue weighted by atomic mass is 9.53. The summed E-state index contributed by atoms with van der Waals surface area (Å²) in [5.41, 5.74) is 4.35. The lowest BCUT2D eigenvalue weighted by molar-refractivity contribution is -0.132. The lowest BCUT2D eigenvalue weighted by Gasteiger charge is -2.58. The van der Waals surface area contributed by atoms with Gasteiger partial charge in [-0.25, -0.2) is 0 Å². The molecule has 3 saturated heterocycles. The van der Waals surface area contributed by atoms with Crippen LogP contribution in [-0.2, 0) is 14.9 Å². The zero-order valence-electron chi connectivity index (χ0n) is 14.2. The molecule has 1 aromatic rings. The number of para-hydroxylation sites is 1. The van der Waals surface area contributed by atoms with E-state index < -0.39 is 0 Å². The molecular formula is C21H22N2O2. The molecular weight excluding hydrogens is 312 g/mol. The molecule has 4 heteroatoms. The number of amides is 1. The van der Waals surface area contributed by atoms with Crippen LogP contribution in [0.2, 0.25) is 0 Å². The zero-order chi connectivity index (χ0) is 16.3. The Morgan fingerprint density at radius 2 is 2.16 bits per heavy atom. The highest BCUT2D eigenvalue weighted by Gasteiger charge is 2.70. The number of fused-ring (bicyclic) bond motifs is 2. The van der Waals surface area contributed by atoms with Gasteiger partial charge in [0, 0.05) is 29.6 Å². The number of hydrogen-bond donors (Lipinski definition) is 0. The molecule has 0 N–H and O–H groups in total. The van der Waals surface area contributed by atoms with Crippen LogP contribution in [0.4, 0.5) is 5.69 Å². The van der Waals surface area contributed by atoms with Crippen molar-refractivity contribution in [1.29, 1.82) is 0 Å². The van der Waals surface area contributed by atoms with E-state index in [-0.39, 0.29) is 17.4 Å². The van der Waals surface area contributed by atoms with Gasteiger partial charge >= 0.3 is 0 Å². The smallest absolute Gasteiger partial charge is 0.229 e. The predicted molar refractivity (Wildman–Crippen MR) is 93.4 cm³/mol. The van der Waals surface area contributed by atoms with Crippen molar-refractivity contribution >= 4 is 11.6 Å². The molecule has 128 valence electrons. The Morgan fingerprint density at radius 3 is 3.12 bits per heavy atom. The maximum Gasteiger partial charge on any atom is 0.229 e. The maximum absolute atomic E-state index is 13.2. The van der Waals surface area contributed by atoms with Crippen LogP contribution in [0.1, 0.15) is 24.8 Å². The number of benzene rings is 1. The summed E-state index contributed by atoms with van der Waals surface area (Å²) in [5, 5.41) is 0. The Balaban J connectivity index is 1.55. The summed E-state index contributed by atoms with van der Waals surface area (Å²) in [6, 6.07) is 9.64. The van der Waals surface area contributed by atoms with Crippen LogP contribution in [0.3, 0.4) is 0 Å². The van der Waals surface area contributed by atoms with Gasteiger partial charge in [-0.3, -0.25) is 9.69 Å². The minimum atomic E-state index is 0.104. The minimum Gasteiger partial charge on any atom is -0.373 e. The van der Waals surface area contributed by atoms with Crippen molar-refractivity contribution in [2.24, 2.45) is 11.8 Å². The molecule has 1 spiro atoms. The van der Waals surface area contributed by atoms with Gasteiger partial charge in [0.25, 0.3) is 0 Å². The van der Waals surface area contributed by atoms with Gasteiger partial charge in [-0.2, -0.15) is 0 Å². The standard InChI is InChI=1S/C21H22N2O2/c24-18-10-16-19-13-9-17-21(6-7-22(17)11-12(13)5-8-25-16)14-3-1-2-4-15(14)23(18)20(19)21/h1-5,13,16-17,19-20H,6-11H2/t13?,16?,17?,19?,20?,21-/m0/s1. The summed E-state index contributed by atoms with van der Waals surface area (Å²) in [7, 11) is 0. The van der Waals surface area contributed by atoms with Gasteiger partial charge < -0.3 is 9.64 Å². The second-order valence-electron chi connectivity index (χ2n) is 8.78. The number of hydrogen-bond acceptors (Lipinski definition) is 3. The average molecular weight is 334 g/mol. The van der Waals surface area contributed by atoms with E-state index in [9.17, 15) is 4.79 Å². The normalized spacial score (nSPS) is 45.9. The molecule has 1 aromatic carbocycles. The summed E-state index contributed by atoms with van der Waals surface area (Å²) in [6.45, 7) is 2.97. The molecule has 1 amide bonds. The zero-order valence-corrected chi connectivity index (χ0v) is 14.2. The fourth-order valence-corrected chi connectivity index (χ4v) is 7.51. The molecule has 4 nitrogen and oxygen atoms in total. The summed E-state index contributed by atoms with van der Waals surface area (Å²) < 4.78 is 6.25. The van der Waals surface area contributed by atoms with E-state index in [0.717, 1.165) is 6.54 Å². The van der Waals surface area contributed by atoms with Gasteiger partial charge in [0.1, 0.15) is 0 Å². The second-order valence-corrected chi connectivity index (χ2v) is 8.78. The molecule has 2 bridgehead atoms. The quantitative estimate of drug-likeness (QED) is 0.681. The number of piperidine rings is 2. The van der Waals surface area contributed by atoms with Crippen molar-refractivity contribution < 1.29 is 9.53 Å². The average Bonchev–Trinajstić information content (AvgIpc) is 3.10. The molecule has 1 saturated carbocycles. The van der Waals surface area contributed by atoms with Gasteiger partial charge in [-0.05, 0) is 36.9 Å². The molecule has 0 radical (unpaired) electrons. The molecule has 1 aliphatic carbocycles. The van der Waals surface area contributed by atoms with E-state index in [4.69, 9.17) is 4.74 Å². The van der Waals surface area contributed by atoms with Crippen molar-refractivity contribution in [1.82, 2.24) is 4.90 Å². The van der Waals surface area contributed by atoms with E-state index >= 15 is 0 Å². The molecule has 0 aromatic heterocycles. The van der Waals surface area contributed by atoms with E-state index in [2.05, 4.69) is 40.1 Å². The summed E-state index contributed by atoms with van der Waals surface area (Å²) in [6.07, 6.45) is 5.43. The Labute approximate surface area is 147 Å². The van der Waals surface area contributed by atoms with Gasteiger partial charge in [0.2, 0.25) is 5.91 Å². The van der Waals surface area contributed by atoms with Crippen LogP contribution in [-0.4, -0.2) is 48.7 Å². The predicted octanol–water partition coefficient (Wildman–Crippen LogP) is 2.09. The van der Waals surface area contributed by atoms with E-state index in [1.54, 1.807) is 5.57 Å². The second kappa shape index (κ2) is 4.18. The fourth-order valence-electron chi connectivity index (χ4n) is 7.51. The first-order valence-electron chi connectivity index (χ1n) is 9.75. The highest BCUT2D eigenvalue weighted by molar-refractivity contribution is 5.99. The van der Waals surface area contributed by atoms with Crippen molar-refractivity contribution in [3.05, 3.63) is 41.5 Å². The highest BCUT2D eigenvalue weighted by Crippen LogP contribution is 2.65. The highest BCUT2D eigenvalue weighted by atomic mass is 16.5. The van der Waals surface area contributed by atoms with Crippen LogP contribution in [0.5, 0.6) is 0 Å². The molecule has 7 rings (SSSR count). The summed E-state index contributed by atoms with van der Waals surface area (Å²) >= 11 is 0. The van der Waals surface area contributed by atoms with Crippen LogP contribution < -0.4 is 4.90 Å². The minimum absolute atomic E-state index is 0.104. The number of nitrogens with zero attached hydrogens (tertiary/aromatic N) is 2. The topological polar surface area (TPSA) is 32.8 Å². The Bertz CT molecular complexity index is 848. The van der Waals surface area contributed by atoms with Crippen molar-refractivity contribution in [2.75, 3.05) is 24.6 Å². The van der Waals surface area contributed by atoms with Crippen molar-refractivity contribution in [3.8, 4) is 0 Å². The number of anilines is 1. The largest absolute Gasteiger partial charge is 0.373 e. The van der Waals surface area contributed by atoms with Crippen LogP contribution in [0.15, 0.2) is 35.9 Å². The summed E-state index contributed by atoms with van der Waals surface area (Å²) in [5.74, 6) is 1.35. The van der Waals surface area contributed by atoms with Gasteiger partial charge in [0.15, 0.2) is 0 Å². The van der Waals surface area contributed by atoms with E-state index in [1.807, 2.05) is 0 Å². The monoisotopic (exact) mass is 334 g/mol. The molecule has 6 atom stereocenters. The molecule has 25 heavy (non-hydrogen) atoms. The maximum atomic E-state index is 13.2. The molecule has 5 unspecified atom stereocenters. The first-order valence-corrected chi connectivity index (χ1v) is 9.75. The van der Waals surface area contributed by atoms with E-state index in [1.165, 1.54) is 30.6 Å². The number of ether oxygens (including phenoxy) is 1. The Morgan fingerprint density at radius 1 is 1.24 bits per heavy atom. The van der Waals surface area contributed by atoms with Crippen molar-refractivity contribution in [3.63, 3.8) is 0 Å². The first-order chi connectivity index (χ1) is 12.3. The van der Waals surface area contributed by atoms with Crippen LogP contribution in [0.25, 0.3) is 0 Å². The molecule has 5 aliphatic heterocycles. The van der Waals surface area contributed by atoms with Crippen LogP contribution >= 0.6 is 0 Å². The SMILES string of the molecule is O=C1CC2OCC=C3CN4CC[C@@]56c7ccccc7N1C5C2C3CC46. The lowest BCUT2D eigenvalue weighted by Crippen LogP contribution is -2.69. The van der Waals surface area contributed by atoms with Crippen molar-refractivity contribution in [2.45, 2.75) is 42.9 Å². The third-order valence-corrected chi connectivity index (χ3v) is 8.22. The number of carbonyl (C=O) groups excluding carboxylic acids is 1. The number of rotatable bonds is 0. The fraction of sp³-hybridized carbons (Fsp3) is 0.571. The van der Waals surface area contributed by atoms with Gasteiger partial charge in [0.05, 0.1) is 25.2 Å². The van der Waals surface area contributed by atoms with Gasteiger partial charge in [-0.15, -0.1) is 0 Å². The third kappa shape index (κ3) is 1.33. The Kier molecular flexibility index (Phi) is 2.27. The summed E-state index contributed by atoms with van der Waals surface area (Å²) in [4.78, 5) is 18.1.